The molecule has 0 unspecified atom stereocenters. The Balaban J connectivity index is 1.59. The number of fused-ring (bicyclic) bond motifs is 1. The van der Waals surface area contributed by atoms with Crippen molar-refractivity contribution >= 4 is 5.69 Å². The van der Waals surface area contributed by atoms with Gasteiger partial charge in [0, 0.05) is 23.1 Å². The minimum absolute atomic E-state index is 0.238. The highest BCUT2D eigenvalue weighted by atomic mass is 16.7. The summed E-state index contributed by atoms with van der Waals surface area (Å²) in [6.45, 7) is 2.06. The van der Waals surface area contributed by atoms with E-state index in [9.17, 15) is 0 Å². The van der Waals surface area contributed by atoms with Crippen LogP contribution in [0, 0.1) is 6.92 Å². The van der Waals surface area contributed by atoms with Crippen LogP contribution in [0.25, 0.3) is 11.3 Å². The van der Waals surface area contributed by atoms with Crippen LogP contribution in [0.4, 0.5) is 5.69 Å². The van der Waals surface area contributed by atoms with E-state index >= 15 is 0 Å². The van der Waals surface area contributed by atoms with Crippen LogP contribution in [0.5, 0.6) is 11.5 Å². The van der Waals surface area contributed by atoms with Crippen LogP contribution in [-0.4, -0.2) is 14.2 Å². The first-order chi connectivity index (χ1) is 19.2. The standard InChI is InChI=1S/C34H31NO4/c1-23-30-22-31(24-14-18-28(36-2)19-15-24)39-35(27-12-8-5-9-13-27)33(25-16-20-29(37-3)21-17-25)32(30)34(38-23)26-10-6-4-7-11-26/h4-21,31,33H,22H2,1-3H3/t31-,33-/m1/s1. The SMILES string of the molecule is COc1ccc([C@@H]2c3c(-c4ccccc4)oc(C)c3C[C@H](c3ccc(OC)cc3)ON2c2ccccc2)cc1. The first-order valence-electron chi connectivity index (χ1n) is 13.1. The molecule has 0 saturated heterocycles. The van der Waals surface area contributed by atoms with Crippen LogP contribution in [0.15, 0.2) is 114 Å². The molecule has 5 heteroatoms. The van der Waals surface area contributed by atoms with Crippen molar-refractivity contribution in [3.05, 3.63) is 137 Å². The number of hydroxylamine groups is 1. The Morgan fingerprint density at radius 3 is 1.85 bits per heavy atom. The van der Waals surface area contributed by atoms with Crippen molar-refractivity contribution in [2.75, 3.05) is 19.3 Å². The van der Waals surface area contributed by atoms with Crippen molar-refractivity contribution in [3.8, 4) is 22.8 Å². The van der Waals surface area contributed by atoms with Gasteiger partial charge in [0.1, 0.15) is 35.2 Å². The third-order valence-corrected chi connectivity index (χ3v) is 7.35. The summed E-state index contributed by atoms with van der Waals surface area (Å²) in [6.07, 6.45) is 0.429. The second kappa shape index (κ2) is 10.7. The van der Waals surface area contributed by atoms with E-state index in [4.69, 9.17) is 18.7 Å². The highest BCUT2D eigenvalue weighted by Gasteiger charge is 2.38. The third-order valence-electron chi connectivity index (χ3n) is 7.35. The maximum atomic E-state index is 6.99. The molecule has 6 rings (SSSR count). The number of hydrogen-bond donors (Lipinski definition) is 0. The van der Waals surface area contributed by atoms with Crippen LogP contribution < -0.4 is 14.5 Å². The second-order valence-electron chi connectivity index (χ2n) is 9.65. The summed E-state index contributed by atoms with van der Waals surface area (Å²) in [5.41, 5.74) is 6.42. The Labute approximate surface area is 229 Å². The molecule has 0 radical (unpaired) electrons. The summed E-state index contributed by atoms with van der Waals surface area (Å²) in [7, 11) is 3.37. The number of hydrogen-bond acceptors (Lipinski definition) is 5. The maximum absolute atomic E-state index is 6.99. The number of anilines is 1. The molecular weight excluding hydrogens is 486 g/mol. The van der Waals surface area contributed by atoms with E-state index in [0.717, 1.165) is 56.5 Å². The van der Waals surface area contributed by atoms with Gasteiger partial charge in [0.25, 0.3) is 0 Å². The zero-order valence-corrected chi connectivity index (χ0v) is 22.3. The summed E-state index contributed by atoms with van der Waals surface area (Å²) >= 11 is 0. The molecule has 0 amide bonds. The number of para-hydroxylation sites is 1. The van der Waals surface area contributed by atoms with Crippen molar-refractivity contribution in [2.24, 2.45) is 0 Å². The average Bonchev–Trinajstić information content (AvgIpc) is 3.21. The first kappa shape index (κ1) is 24.8. The van der Waals surface area contributed by atoms with Crippen molar-refractivity contribution < 1.29 is 18.7 Å². The molecule has 0 bridgehead atoms. The van der Waals surface area contributed by atoms with Gasteiger partial charge in [-0.1, -0.05) is 72.8 Å². The Hall–Kier alpha value is -4.48. The van der Waals surface area contributed by atoms with Gasteiger partial charge in [-0.05, 0) is 54.4 Å². The van der Waals surface area contributed by atoms with Crippen LogP contribution in [0.2, 0.25) is 0 Å². The fourth-order valence-electron chi connectivity index (χ4n) is 5.35. The predicted molar refractivity (Wildman–Crippen MR) is 153 cm³/mol. The predicted octanol–water partition coefficient (Wildman–Crippen LogP) is 8.10. The average molecular weight is 518 g/mol. The van der Waals surface area contributed by atoms with E-state index in [1.807, 2.05) is 65.7 Å². The number of ether oxygens (including phenoxy) is 2. The molecule has 39 heavy (non-hydrogen) atoms. The lowest BCUT2D eigenvalue weighted by Crippen LogP contribution is -2.30. The maximum Gasteiger partial charge on any atom is 0.140 e. The summed E-state index contributed by atoms with van der Waals surface area (Å²) in [5.74, 6) is 3.39. The summed E-state index contributed by atoms with van der Waals surface area (Å²) in [4.78, 5) is 6.99. The topological polar surface area (TPSA) is 44.1 Å². The zero-order valence-electron chi connectivity index (χ0n) is 22.3. The van der Waals surface area contributed by atoms with E-state index in [-0.39, 0.29) is 12.1 Å². The molecule has 0 fully saturated rings. The molecule has 5 aromatic rings. The van der Waals surface area contributed by atoms with Gasteiger partial charge in [-0.3, -0.25) is 4.84 Å². The zero-order chi connectivity index (χ0) is 26.8. The van der Waals surface area contributed by atoms with Crippen LogP contribution in [0.1, 0.15) is 40.2 Å². The van der Waals surface area contributed by atoms with Crippen molar-refractivity contribution in [2.45, 2.75) is 25.5 Å². The molecule has 196 valence electrons. The Bertz CT molecular complexity index is 1530. The van der Waals surface area contributed by atoms with Gasteiger partial charge in [-0.25, -0.2) is 5.06 Å². The molecule has 5 nitrogen and oxygen atoms in total. The van der Waals surface area contributed by atoms with Crippen LogP contribution in [-0.2, 0) is 11.3 Å². The molecule has 1 aromatic heterocycles. The molecule has 4 aromatic carbocycles. The molecule has 1 aliphatic rings. The largest absolute Gasteiger partial charge is 0.497 e. The minimum Gasteiger partial charge on any atom is -0.497 e. The van der Waals surface area contributed by atoms with Gasteiger partial charge < -0.3 is 13.9 Å². The molecule has 0 aliphatic carbocycles. The van der Waals surface area contributed by atoms with Gasteiger partial charge >= 0.3 is 0 Å². The smallest absolute Gasteiger partial charge is 0.140 e. The number of methoxy groups -OCH3 is 2. The monoisotopic (exact) mass is 517 g/mol. The lowest BCUT2D eigenvalue weighted by atomic mass is 9.89. The Morgan fingerprint density at radius 2 is 1.26 bits per heavy atom. The summed E-state index contributed by atoms with van der Waals surface area (Å²) in [5, 5.41) is 2.05. The van der Waals surface area contributed by atoms with Gasteiger partial charge in [0.05, 0.1) is 19.9 Å². The minimum atomic E-state index is -0.260. The number of nitrogens with zero attached hydrogens (tertiary/aromatic N) is 1. The second-order valence-corrected chi connectivity index (χ2v) is 9.65. The first-order valence-corrected chi connectivity index (χ1v) is 13.1. The molecule has 2 heterocycles. The number of rotatable bonds is 6. The quantitative estimate of drug-likeness (QED) is 0.228. The van der Waals surface area contributed by atoms with E-state index in [1.165, 1.54) is 0 Å². The molecule has 0 N–H and O–H groups in total. The van der Waals surface area contributed by atoms with E-state index in [0.29, 0.717) is 6.42 Å². The lowest BCUT2D eigenvalue weighted by molar-refractivity contribution is 0.0260. The molecule has 2 atom stereocenters. The number of benzene rings is 4. The van der Waals surface area contributed by atoms with Crippen molar-refractivity contribution in [1.29, 1.82) is 0 Å². The van der Waals surface area contributed by atoms with Gasteiger partial charge in [0.15, 0.2) is 0 Å². The lowest BCUT2D eigenvalue weighted by Gasteiger charge is -2.34. The van der Waals surface area contributed by atoms with Gasteiger partial charge in [-0.2, -0.15) is 0 Å². The number of aryl methyl sites for hydroxylation is 1. The highest BCUT2D eigenvalue weighted by Crippen LogP contribution is 2.48. The Morgan fingerprint density at radius 1 is 0.692 bits per heavy atom. The van der Waals surface area contributed by atoms with Crippen molar-refractivity contribution in [3.63, 3.8) is 0 Å². The summed E-state index contributed by atoms with van der Waals surface area (Å²) in [6, 6.07) is 36.7. The molecule has 0 spiro atoms. The van der Waals surface area contributed by atoms with E-state index in [1.54, 1.807) is 14.2 Å². The summed E-state index contributed by atoms with van der Waals surface area (Å²) < 4.78 is 17.5. The molecular formula is C34H31NO4. The fourth-order valence-corrected chi connectivity index (χ4v) is 5.35. The fraction of sp³-hybridized carbons (Fsp3) is 0.176. The third kappa shape index (κ3) is 4.77. The highest BCUT2D eigenvalue weighted by molar-refractivity contribution is 5.68. The van der Waals surface area contributed by atoms with Gasteiger partial charge in [0.2, 0.25) is 0 Å². The molecule has 1 aliphatic heterocycles. The Kier molecular flexibility index (Phi) is 6.82. The van der Waals surface area contributed by atoms with Crippen molar-refractivity contribution in [1.82, 2.24) is 0 Å². The van der Waals surface area contributed by atoms with E-state index < -0.39 is 0 Å². The van der Waals surface area contributed by atoms with Crippen LogP contribution >= 0.6 is 0 Å². The number of furan rings is 1. The van der Waals surface area contributed by atoms with E-state index in [2.05, 4.69) is 55.5 Å². The molecule has 0 saturated carbocycles. The normalized spacial score (nSPS) is 16.8. The van der Waals surface area contributed by atoms with Gasteiger partial charge in [-0.15, -0.1) is 0 Å². The van der Waals surface area contributed by atoms with Crippen LogP contribution in [0.3, 0.4) is 0 Å².